The number of amides is 1. The highest BCUT2D eigenvalue weighted by atomic mass is 32.2. The molecule has 2 heterocycles. The molecule has 1 saturated heterocycles. The lowest BCUT2D eigenvalue weighted by Gasteiger charge is -2.20. The van der Waals surface area contributed by atoms with Gasteiger partial charge in [0.2, 0.25) is 0 Å². The molecule has 0 aromatic carbocycles. The van der Waals surface area contributed by atoms with Gasteiger partial charge in [-0.2, -0.15) is 4.31 Å². The molecule has 0 spiro atoms. The number of hydrogen-bond donors (Lipinski definition) is 1. The van der Waals surface area contributed by atoms with E-state index in [0.29, 0.717) is 13.0 Å². The number of aromatic nitrogens is 2. The van der Waals surface area contributed by atoms with Gasteiger partial charge in [0.05, 0.1) is 19.1 Å². The third kappa shape index (κ3) is 3.45. The van der Waals surface area contributed by atoms with Crippen LogP contribution in [0.2, 0.25) is 0 Å². The molecule has 10 heteroatoms. The predicted octanol–water partition coefficient (Wildman–Crippen LogP) is -0.804. The second kappa shape index (κ2) is 6.88. The van der Waals surface area contributed by atoms with Crippen LogP contribution in [-0.2, 0) is 24.3 Å². The van der Waals surface area contributed by atoms with Crippen LogP contribution in [0.25, 0.3) is 0 Å². The molecule has 0 saturated carbocycles. The number of esters is 1. The Kier molecular flexibility index (Phi) is 5.14. The number of rotatable bonds is 3. The van der Waals surface area contributed by atoms with E-state index in [0.717, 1.165) is 0 Å². The van der Waals surface area contributed by atoms with E-state index in [-0.39, 0.29) is 31.3 Å². The molecule has 0 radical (unpaired) electrons. The maximum Gasteiger partial charge on any atom is 0.397 e. The largest absolute Gasteiger partial charge is 0.459 e. The molecule has 1 aromatic rings. The van der Waals surface area contributed by atoms with Crippen LogP contribution in [0.4, 0.5) is 0 Å². The summed E-state index contributed by atoms with van der Waals surface area (Å²) >= 11 is 0. The van der Waals surface area contributed by atoms with Crippen molar-refractivity contribution in [3.63, 3.8) is 0 Å². The molecule has 1 fully saturated rings. The number of aromatic amines is 1. The molecular weight excluding hydrogens is 312 g/mol. The van der Waals surface area contributed by atoms with Crippen LogP contribution in [-0.4, -0.2) is 72.3 Å². The molecule has 1 N–H and O–H groups in total. The van der Waals surface area contributed by atoms with Crippen molar-refractivity contribution in [3.8, 4) is 0 Å². The van der Waals surface area contributed by atoms with Crippen LogP contribution in [0.3, 0.4) is 0 Å². The van der Waals surface area contributed by atoms with Gasteiger partial charge in [-0.25, -0.2) is 18.2 Å². The first-order valence-electron chi connectivity index (χ1n) is 6.91. The van der Waals surface area contributed by atoms with Gasteiger partial charge in [-0.3, -0.25) is 4.79 Å². The quantitative estimate of drug-likeness (QED) is 0.573. The van der Waals surface area contributed by atoms with Crippen molar-refractivity contribution >= 4 is 21.9 Å². The molecule has 122 valence electrons. The molecule has 2 rings (SSSR count). The number of carbonyl (C=O) groups is 2. The highest BCUT2D eigenvalue weighted by molar-refractivity contribution is 7.89. The summed E-state index contributed by atoms with van der Waals surface area (Å²) in [6.07, 6.45) is 2.97. The summed E-state index contributed by atoms with van der Waals surface area (Å²) in [5.41, 5.74) is 0. The normalized spacial score (nSPS) is 17.0. The van der Waals surface area contributed by atoms with Crippen molar-refractivity contribution in [2.45, 2.75) is 18.4 Å². The number of imidazole rings is 1. The zero-order valence-corrected chi connectivity index (χ0v) is 13.0. The molecule has 9 nitrogen and oxygen atoms in total. The Bertz CT molecular complexity index is 628. The van der Waals surface area contributed by atoms with Crippen molar-refractivity contribution in [3.05, 3.63) is 12.5 Å². The molecule has 0 unspecified atom stereocenters. The average molecular weight is 330 g/mol. The molecule has 1 amide bonds. The lowest BCUT2D eigenvalue weighted by Crippen LogP contribution is -2.41. The van der Waals surface area contributed by atoms with Crippen molar-refractivity contribution < 1.29 is 22.7 Å². The predicted molar refractivity (Wildman–Crippen MR) is 75.2 cm³/mol. The third-order valence-corrected chi connectivity index (χ3v) is 5.11. The Hall–Kier alpha value is -1.94. The van der Waals surface area contributed by atoms with E-state index >= 15 is 0 Å². The van der Waals surface area contributed by atoms with Crippen molar-refractivity contribution in [1.82, 2.24) is 19.2 Å². The molecule has 1 aliphatic rings. The second-order valence-corrected chi connectivity index (χ2v) is 6.59. The number of carbonyl (C=O) groups excluding carboxylic acids is 2. The zero-order valence-electron chi connectivity index (χ0n) is 12.2. The Morgan fingerprint density at radius 2 is 2.09 bits per heavy atom. The van der Waals surface area contributed by atoms with Crippen LogP contribution in [0.1, 0.15) is 13.3 Å². The molecule has 22 heavy (non-hydrogen) atoms. The standard InChI is InChI=1S/C12H18N4O5S/c1-2-21-12(18)11(17)15-4-3-5-16(7-6-15)22(19,20)10-8-13-9-14-10/h8-9H,2-7H2,1H3,(H,13,14). The van der Waals surface area contributed by atoms with Gasteiger partial charge in [0.1, 0.15) is 0 Å². The SMILES string of the molecule is CCOC(=O)C(=O)N1CCCN(S(=O)(=O)c2cnc[nH]2)CC1. The van der Waals surface area contributed by atoms with Gasteiger partial charge in [-0.1, -0.05) is 0 Å². The van der Waals surface area contributed by atoms with Gasteiger partial charge in [-0.05, 0) is 13.3 Å². The first kappa shape index (κ1) is 16.4. The van der Waals surface area contributed by atoms with E-state index in [1.54, 1.807) is 6.92 Å². The fourth-order valence-electron chi connectivity index (χ4n) is 2.18. The van der Waals surface area contributed by atoms with E-state index in [1.807, 2.05) is 0 Å². The van der Waals surface area contributed by atoms with E-state index in [2.05, 4.69) is 14.7 Å². The number of nitrogens with zero attached hydrogens (tertiary/aromatic N) is 3. The van der Waals surface area contributed by atoms with Crippen LogP contribution in [0, 0.1) is 0 Å². The number of sulfonamides is 1. The van der Waals surface area contributed by atoms with Gasteiger partial charge >= 0.3 is 11.9 Å². The highest BCUT2D eigenvalue weighted by Crippen LogP contribution is 2.15. The maximum absolute atomic E-state index is 12.4. The van der Waals surface area contributed by atoms with E-state index in [9.17, 15) is 18.0 Å². The topological polar surface area (TPSA) is 113 Å². The van der Waals surface area contributed by atoms with Crippen LogP contribution in [0.15, 0.2) is 17.6 Å². The Labute approximate surface area is 128 Å². The number of H-pyrrole nitrogens is 1. The summed E-state index contributed by atoms with van der Waals surface area (Å²) in [5, 5.41) is 0.0117. The summed E-state index contributed by atoms with van der Waals surface area (Å²) in [7, 11) is -3.66. The molecule has 0 atom stereocenters. The van der Waals surface area contributed by atoms with Crippen molar-refractivity contribution in [1.29, 1.82) is 0 Å². The summed E-state index contributed by atoms with van der Waals surface area (Å²) in [6, 6.07) is 0. The van der Waals surface area contributed by atoms with Gasteiger partial charge in [-0.15, -0.1) is 0 Å². The molecule has 0 aliphatic carbocycles. The fraction of sp³-hybridized carbons (Fsp3) is 0.583. The number of ether oxygens (including phenoxy) is 1. The average Bonchev–Trinajstić information content (AvgIpc) is 2.92. The monoisotopic (exact) mass is 330 g/mol. The summed E-state index contributed by atoms with van der Waals surface area (Å²) in [4.78, 5) is 30.9. The van der Waals surface area contributed by atoms with E-state index < -0.39 is 21.9 Å². The minimum Gasteiger partial charge on any atom is -0.459 e. The summed E-state index contributed by atoms with van der Waals surface area (Å²) in [6.45, 7) is 2.59. The Balaban J connectivity index is 2.04. The minimum atomic E-state index is -3.66. The Morgan fingerprint density at radius 3 is 2.73 bits per heavy atom. The van der Waals surface area contributed by atoms with Gasteiger partial charge < -0.3 is 14.6 Å². The number of hydrogen-bond acceptors (Lipinski definition) is 6. The molecule has 0 bridgehead atoms. The van der Waals surface area contributed by atoms with Crippen molar-refractivity contribution in [2.24, 2.45) is 0 Å². The first-order valence-corrected chi connectivity index (χ1v) is 8.35. The zero-order chi connectivity index (χ0) is 16.2. The smallest absolute Gasteiger partial charge is 0.397 e. The van der Waals surface area contributed by atoms with Crippen molar-refractivity contribution in [2.75, 3.05) is 32.8 Å². The minimum absolute atomic E-state index is 0.0117. The lowest BCUT2D eigenvalue weighted by molar-refractivity contribution is -0.159. The lowest BCUT2D eigenvalue weighted by atomic mass is 10.4. The van der Waals surface area contributed by atoms with Crippen LogP contribution < -0.4 is 0 Å². The van der Waals surface area contributed by atoms with Crippen LogP contribution in [0.5, 0.6) is 0 Å². The first-order chi connectivity index (χ1) is 10.5. The second-order valence-electron chi connectivity index (χ2n) is 4.69. The summed E-state index contributed by atoms with van der Waals surface area (Å²) in [5.74, 6) is -1.64. The summed E-state index contributed by atoms with van der Waals surface area (Å²) < 4.78 is 30.7. The van der Waals surface area contributed by atoms with Crippen LogP contribution >= 0.6 is 0 Å². The highest BCUT2D eigenvalue weighted by Gasteiger charge is 2.31. The molecule has 1 aliphatic heterocycles. The third-order valence-electron chi connectivity index (χ3n) is 3.28. The fourth-order valence-corrected chi connectivity index (χ4v) is 3.55. The Morgan fingerprint density at radius 1 is 1.32 bits per heavy atom. The molecule has 1 aromatic heterocycles. The van der Waals surface area contributed by atoms with Gasteiger partial charge in [0.15, 0.2) is 5.03 Å². The van der Waals surface area contributed by atoms with E-state index in [1.165, 1.54) is 21.7 Å². The van der Waals surface area contributed by atoms with E-state index in [4.69, 9.17) is 0 Å². The van der Waals surface area contributed by atoms with Gasteiger partial charge in [0.25, 0.3) is 10.0 Å². The molecular formula is C12H18N4O5S. The van der Waals surface area contributed by atoms with Gasteiger partial charge in [0, 0.05) is 26.2 Å². The number of nitrogens with one attached hydrogen (secondary N) is 1. The maximum atomic E-state index is 12.4.